The molecule has 0 saturated heterocycles. The first kappa shape index (κ1) is 23.9. The molecule has 1 unspecified atom stereocenters. The summed E-state index contributed by atoms with van der Waals surface area (Å²) in [5.41, 5.74) is 2.52. The van der Waals surface area contributed by atoms with Gasteiger partial charge in [0.15, 0.2) is 5.16 Å². The molecule has 1 atom stereocenters. The van der Waals surface area contributed by atoms with Crippen LogP contribution < -0.4 is 5.32 Å². The molecular weight excluding hydrogens is 427 g/mol. The summed E-state index contributed by atoms with van der Waals surface area (Å²) in [5, 5.41) is 12.5. The Kier molecular flexibility index (Phi) is 8.41. The Labute approximate surface area is 192 Å². The van der Waals surface area contributed by atoms with Crippen LogP contribution in [-0.4, -0.2) is 34.4 Å². The number of carbonyl (C=O) groups is 1. The molecule has 8 heteroatoms. The molecule has 0 aliphatic rings. The van der Waals surface area contributed by atoms with Gasteiger partial charge in [-0.3, -0.25) is 4.79 Å². The van der Waals surface area contributed by atoms with Crippen LogP contribution >= 0.6 is 11.8 Å². The van der Waals surface area contributed by atoms with Gasteiger partial charge >= 0.3 is 0 Å². The fourth-order valence-electron chi connectivity index (χ4n) is 3.30. The minimum absolute atomic E-state index is 0.141. The predicted molar refractivity (Wildman–Crippen MR) is 124 cm³/mol. The number of nitrogens with one attached hydrogen (secondary N) is 1. The molecule has 32 heavy (non-hydrogen) atoms. The van der Waals surface area contributed by atoms with E-state index >= 15 is 0 Å². The molecular formula is C24H29FN4O2S. The first-order chi connectivity index (χ1) is 15.4. The van der Waals surface area contributed by atoms with Gasteiger partial charge in [0.1, 0.15) is 11.6 Å². The number of hydrogen-bond acceptors (Lipinski definition) is 5. The zero-order valence-electron chi connectivity index (χ0n) is 18.8. The highest BCUT2D eigenvalue weighted by Gasteiger charge is 2.20. The Morgan fingerprint density at radius 2 is 1.72 bits per heavy atom. The van der Waals surface area contributed by atoms with Gasteiger partial charge in [-0.2, -0.15) is 0 Å². The second-order valence-electron chi connectivity index (χ2n) is 7.96. The summed E-state index contributed by atoms with van der Waals surface area (Å²) in [5.74, 6) is 1.48. The second kappa shape index (κ2) is 11.2. The normalized spacial score (nSPS) is 12.2. The van der Waals surface area contributed by atoms with Gasteiger partial charge in [0.2, 0.25) is 0 Å². The van der Waals surface area contributed by atoms with Crippen molar-refractivity contribution in [2.75, 3.05) is 13.7 Å². The Morgan fingerprint density at radius 3 is 2.34 bits per heavy atom. The first-order valence-corrected chi connectivity index (χ1v) is 11.6. The van der Waals surface area contributed by atoms with Crippen molar-refractivity contribution in [1.82, 2.24) is 20.1 Å². The van der Waals surface area contributed by atoms with Crippen molar-refractivity contribution < 1.29 is 13.9 Å². The lowest BCUT2D eigenvalue weighted by atomic mass is 10.1. The van der Waals surface area contributed by atoms with Gasteiger partial charge < -0.3 is 14.6 Å². The molecule has 3 aromatic rings. The molecule has 0 aliphatic carbocycles. The summed E-state index contributed by atoms with van der Waals surface area (Å²) in [4.78, 5) is 12.4. The zero-order chi connectivity index (χ0) is 23.1. The van der Waals surface area contributed by atoms with Crippen LogP contribution in [0, 0.1) is 5.82 Å². The number of hydrogen-bond donors (Lipinski definition) is 1. The highest BCUT2D eigenvalue weighted by atomic mass is 32.2. The van der Waals surface area contributed by atoms with Crippen LogP contribution in [0.3, 0.4) is 0 Å². The van der Waals surface area contributed by atoms with Crippen molar-refractivity contribution in [2.45, 2.75) is 50.2 Å². The van der Waals surface area contributed by atoms with Crippen LogP contribution in [0.15, 0.2) is 53.7 Å². The first-order valence-electron chi connectivity index (χ1n) is 10.6. The lowest BCUT2D eigenvalue weighted by Gasteiger charge is -2.18. The number of halogens is 1. The van der Waals surface area contributed by atoms with Gasteiger partial charge in [-0.05, 0) is 42.3 Å². The Hall–Kier alpha value is -2.71. The molecule has 1 amide bonds. The molecule has 3 rings (SSSR count). The SMILES string of the molecule is COCC(C)n1c(SCc2ccc(C(=O)NCc3ccc(F)cc3)cc2)nnc1C(C)C. The summed E-state index contributed by atoms with van der Waals surface area (Å²) in [7, 11) is 1.69. The smallest absolute Gasteiger partial charge is 0.251 e. The summed E-state index contributed by atoms with van der Waals surface area (Å²) >= 11 is 1.62. The minimum atomic E-state index is -0.291. The zero-order valence-corrected chi connectivity index (χ0v) is 19.7. The van der Waals surface area contributed by atoms with Crippen molar-refractivity contribution in [1.29, 1.82) is 0 Å². The Bertz CT molecular complexity index is 1020. The molecule has 0 radical (unpaired) electrons. The van der Waals surface area contributed by atoms with Gasteiger partial charge in [-0.1, -0.05) is 49.9 Å². The van der Waals surface area contributed by atoms with E-state index < -0.39 is 0 Å². The lowest BCUT2D eigenvalue weighted by molar-refractivity contribution is 0.0951. The third-order valence-corrected chi connectivity index (χ3v) is 6.02. The van der Waals surface area contributed by atoms with Gasteiger partial charge in [0.25, 0.3) is 5.91 Å². The van der Waals surface area contributed by atoms with E-state index in [1.807, 2.05) is 24.3 Å². The van der Waals surface area contributed by atoms with E-state index in [1.54, 1.807) is 31.0 Å². The van der Waals surface area contributed by atoms with Gasteiger partial charge in [0.05, 0.1) is 12.6 Å². The number of rotatable bonds is 10. The maximum atomic E-state index is 13.0. The van der Waals surface area contributed by atoms with Gasteiger partial charge in [-0.25, -0.2) is 4.39 Å². The fraction of sp³-hybridized carbons (Fsp3) is 0.375. The summed E-state index contributed by atoms with van der Waals surface area (Å²) in [6.07, 6.45) is 0. The van der Waals surface area contributed by atoms with Crippen molar-refractivity contribution in [3.05, 3.63) is 76.9 Å². The van der Waals surface area contributed by atoms with Crippen molar-refractivity contribution in [3.8, 4) is 0 Å². The molecule has 0 fully saturated rings. The number of benzene rings is 2. The fourth-order valence-corrected chi connectivity index (χ4v) is 4.30. The third-order valence-electron chi connectivity index (χ3n) is 5.01. The van der Waals surface area contributed by atoms with Gasteiger partial charge in [-0.15, -0.1) is 10.2 Å². The highest BCUT2D eigenvalue weighted by Crippen LogP contribution is 2.28. The summed E-state index contributed by atoms with van der Waals surface area (Å²) in [6, 6.07) is 13.7. The number of carbonyl (C=O) groups excluding carboxylic acids is 1. The number of aromatic nitrogens is 3. The van der Waals surface area contributed by atoms with E-state index in [1.165, 1.54) is 12.1 Å². The molecule has 2 aromatic carbocycles. The summed E-state index contributed by atoms with van der Waals surface area (Å²) < 4.78 is 20.5. The van der Waals surface area contributed by atoms with E-state index in [0.29, 0.717) is 24.5 Å². The Balaban J connectivity index is 1.60. The lowest BCUT2D eigenvalue weighted by Crippen LogP contribution is -2.22. The van der Waals surface area contributed by atoms with Crippen LogP contribution in [0.25, 0.3) is 0 Å². The highest BCUT2D eigenvalue weighted by molar-refractivity contribution is 7.98. The largest absolute Gasteiger partial charge is 0.383 e. The van der Waals surface area contributed by atoms with Crippen LogP contribution in [-0.2, 0) is 17.0 Å². The number of methoxy groups -OCH3 is 1. The average Bonchev–Trinajstić information content (AvgIpc) is 3.22. The van der Waals surface area contributed by atoms with Crippen LogP contribution in [0.1, 0.15) is 60.0 Å². The van der Waals surface area contributed by atoms with Crippen molar-refractivity contribution in [3.63, 3.8) is 0 Å². The standard InChI is InChI=1S/C24H29FN4O2S/c1-16(2)22-27-28-24(29(22)17(3)14-31-4)32-15-19-5-9-20(10-6-19)23(30)26-13-18-7-11-21(25)12-8-18/h5-12,16-17H,13-15H2,1-4H3,(H,26,30). The van der Waals surface area contributed by atoms with Gasteiger partial charge in [0, 0.05) is 30.9 Å². The Morgan fingerprint density at radius 1 is 1.06 bits per heavy atom. The van der Waals surface area contributed by atoms with Crippen LogP contribution in [0.2, 0.25) is 0 Å². The molecule has 0 bridgehead atoms. The topological polar surface area (TPSA) is 69.0 Å². The molecule has 0 saturated carbocycles. The van der Waals surface area contributed by atoms with Crippen molar-refractivity contribution in [2.24, 2.45) is 0 Å². The van der Waals surface area contributed by atoms with E-state index in [4.69, 9.17) is 4.74 Å². The molecule has 170 valence electrons. The molecule has 0 spiro atoms. The van der Waals surface area contributed by atoms with E-state index in [0.717, 1.165) is 22.1 Å². The molecule has 0 aliphatic heterocycles. The minimum Gasteiger partial charge on any atom is -0.383 e. The second-order valence-corrected chi connectivity index (χ2v) is 8.91. The quantitative estimate of drug-likeness (QED) is 0.436. The third kappa shape index (κ3) is 6.17. The monoisotopic (exact) mass is 456 g/mol. The molecule has 1 heterocycles. The van der Waals surface area contributed by atoms with Crippen molar-refractivity contribution >= 4 is 17.7 Å². The van der Waals surface area contributed by atoms with Crippen LogP contribution in [0.4, 0.5) is 4.39 Å². The van der Waals surface area contributed by atoms with E-state index in [2.05, 4.69) is 40.9 Å². The number of amides is 1. The summed E-state index contributed by atoms with van der Waals surface area (Å²) in [6.45, 7) is 7.25. The predicted octanol–water partition coefficient (Wildman–Crippen LogP) is 4.97. The molecule has 6 nitrogen and oxygen atoms in total. The molecule has 1 N–H and O–H groups in total. The number of thioether (sulfide) groups is 1. The number of nitrogens with zero attached hydrogens (tertiary/aromatic N) is 3. The maximum absolute atomic E-state index is 13.0. The number of ether oxygens (including phenoxy) is 1. The maximum Gasteiger partial charge on any atom is 0.251 e. The average molecular weight is 457 g/mol. The van der Waals surface area contributed by atoms with Crippen LogP contribution in [0.5, 0.6) is 0 Å². The van der Waals surface area contributed by atoms with E-state index in [-0.39, 0.29) is 23.7 Å². The van der Waals surface area contributed by atoms with E-state index in [9.17, 15) is 9.18 Å². The molecule has 1 aromatic heterocycles.